The van der Waals surface area contributed by atoms with Crippen molar-refractivity contribution in [3.8, 4) is 0 Å². The number of rotatable bonds is 4. The van der Waals surface area contributed by atoms with Crippen LogP contribution in [0.2, 0.25) is 0 Å². The minimum atomic E-state index is 0.0707. The molecule has 2 saturated heterocycles. The van der Waals surface area contributed by atoms with Gasteiger partial charge in [0.05, 0.1) is 6.42 Å². The van der Waals surface area contributed by atoms with Crippen LogP contribution in [-0.4, -0.2) is 41.9 Å². The first-order chi connectivity index (χ1) is 11.7. The molecule has 2 unspecified atom stereocenters. The van der Waals surface area contributed by atoms with Gasteiger partial charge in [0.1, 0.15) is 0 Å². The molecular weight excluding hydrogens is 302 g/mol. The molecule has 3 heterocycles. The topological polar surface area (TPSA) is 61.4 Å². The zero-order chi connectivity index (χ0) is 16.5. The van der Waals surface area contributed by atoms with Crippen LogP contribution < -0.4 is 10.6 Å². The normalized spacial score (nSPS) is 25.3. The molecule has 128 valence electrons. The first-order valence-corrected chi connectivity index (χ1v) is 9.13. The molecule has 4 rings (SSSR count). The molecule has 24 heavy (non-hydrogen) atoms. The number of nitrogens with zero attached hydrogens (tertiary/aromatic N) is 1. The van der Waals surface area contributed by atoms with E-state index in [9.17, 15) is 9.59 Å². The fraction of sp³-hybridized carbons (Fsp3) is 0.579. The Hall–Kier alpha value is -1.88. The first-order valence-electron chi connectivity index (χ1n) is 9.13. The van der Waals surface area contributed by atoms with Gasteiger partial charge in [-0.2, -0.15) is 0 Å². The summed E-state index contributed by atoms with van der Waals surface area (Å²) in [5.41, 5.74) is 3.24. The molecule has 0 spiro atoms. The van der Waals surface area contributed by atoms with Crippen molar-refractivity contribution >= 4 is 17.5 Å². The summed E-state index contributed by atoms with van der Waals surface area (Å²) >= 11 is 0. The van der Waals surface area contributed by atoms with Crippen molar-refractivity contribution in [2.24, 2.45) is 0 Å². The zero-order valence-electron chi connectivity index (χ0n) is 14.0. The second-order valence-electron chi connectivity index (χ2n) is 7.34. The zero-order valence-corrected chi connectivity index (χ0v) is 14.0. The number of fused-ring (bicyclic) bond motifs is 3. The monoisotopic (exact) mass is 327 g/mol. The van der Waals surface area contributed by atoms with Gasteiger partial charge in [-0.1, -0.05) is 12.1 Å². The first kappa shape index (κ1) is 15.6. The van der Waals surface area contributed by atoms with E-state index in [1.807, 2.05) is 6.07 Å². The smallest absolute Gasteiger partial charge is 0.228 e. The lowest BCUT2D eigenvalue weighted by Gasteiger charge is -2.24. The maximum Gasteiger partial charge on any atom is 0.228 e. The van der Waals surface area contributed by atoms with Crippen LogP contribution in [0.15, 0.2) is 18.2 Å². The lowest BCUT2D eigenvalue weighted by atomic mass is 10.0. The molecule has 2 bridgehead atoms. The molecule has 0 saturated carbocycles. The molecular formula is C19H25N3O2. The summed E-state index contributed by atoms with van der Waals surface area (Å²) in [6.45, 7) is 1.78. The number of benzene rings is 1. The van der Waals surface area contributed by atoms with Crippen LogP contribution >= 0.6 is 0 Å². The van der Waals surface area contributed by atoms with Gasteiger partial charge >= 0.3 is 0 Å². The van der Waals surface area contributed by atoms with Gasteiger partial charge in [0.15, 0.2) is 0 Å². The Labute approximate surface area is 142 Å². The van der Waals surface area contributed by atoms with Crippen molar-refractivity contribution in [1.29, 1.82) is 0 Å². The van der Waals surface area contributed by atoms with Crippen LogP contribution in [0, 0.1) is 0 Å². The van der Waals surface area contributed by atoms with Crippen molar-refractivity contribution < 1.29 is 9.59 Å². The van der Waals surface area contributed by atoms with E-state index in [-0.39, 0.29) is 5.91 Å². The summed E-state index contributed by atoms with van der Waals surface area (Å²) < 4.78 is 0. The van der Waals surface area contributed by atoms with Gasteiger partial charge < -0.3 is 15.5 Å². The summed E-state index contributed by atoms with van der Waals surface area (Å²) in [6.07, 6.45) is 6.42. The highest BCUT2D eigenvalue weighted by atomic mass is 16.2. The molecule has 5 heteroatoms. The third-order valence-corrected chi connectivity index (χ3v) is 5.53. The van der Waals surface area contributed by atoms with Gasteiger partial charge in [-0.25, -0.2) is 0 Å². The van der Waals surface area contributed by atoms with Gasteiger partial charge in [-0.3, -0.25) is 9.59 Å². The van der Waals surface area contributed by atoms with Crippen LogP contribution in [0.25, 0.3) is 0 Å². The minimum absolute atomic E-state index is 0.0707. The molecule has 1 aromatic rings. The van der Waals surface area contributed by atoms with Crippen molar-refractivity contribution in [3.63, 3.8) is 0 Å². The molecule has 0 aliphatic carbocycles. The molecule has 2 amide bonds. The van der Waals surface area contributed by atoms with Gasteiger partial charge in [0.2, 0.25) is 11.8 Å². The van der Waals surface area contributed by atoms with Crippen molar-refractivity contribution in [3.05, 3.63) is 29.3 Å². The fourth-order valence-electron chi connectivity index (χ4n) is 4.21. The van der Waals surface area contributed by atoms with E-state index in [1.54, 1.807) is 0 Å². The average molecular weight is 327 g/mol. The Bertz CT molecular complexity index is 658. The largest absolute Gasteiger partial charge is 0.341 e. The van der Waals surface area contributed by atoms with Gasteiger partial charge in [-0.05, 0) is 49.3 Å². The van der Waals surface area contributed by atoms with E-state index in [2.05, 4.69) is 27.7 Å². The molecule has 0 radical (unpaired) electrons. The number of hydrogen-bond donors (Lipinski definition) is 2. The molecule has 1 aromatic carbocycles. The Morgan fingerprint density at radius 2 is 2.08 bits per heavy atom. The Morgan fingerprint density at radius 3 is 3.00 bits per heavy atom. The van der Waals surface area contributed by atoms with Crippen LogP contribution in [0.3, 0.4) is 0 Å². The lowest BCUT2D eigenvalue weighted by Crippen LogP contribution is -2.38. The third kappa shape index (κ3) is 3.31. The fourth-order valence-corrected chi connectivity index (χ4v) is 4.21. The summed E-state index contributed by atoms with van der Waals surface area (Å²) in [5.74, 6) is 0.365. The SMILES string of the molecule is O=C1Cc2cc(CCCC(=O)N3CCC4CCC(C3)N4)ccc2N1. The predicted octanol–water partition coefficient (Wildman–Crippen LogP) is 1.86. The number of hydrogen-bond acceptors (Lipinski definition) is 3. The van der Waals surface area contributed by atoms with Crippen molar-refractivity contribution in [2.45, 2.75) is 57.0 Å². The maximum atomic E-state index is 12.5. The van der Waals surface area contributed by atoms with Gasteiger partial charge in [-0.15, -0.1) is 0 Å². The number of anilines is 1. The minimum Gasteiger partial charge on any atom is -0.341 e. The van der Waals surface area contributed by atoms with Gasteiger partial charge in [0, 0.05) is 37.3 Å². The molecule has 2 N–H and O–H groups in total. The summed E-state index contributed by atoms with van der Waals surface area (Å²) in [6, 6.07) is 7.27. The maximum absolute atomic E-state index is 12.5. The van der Waals surface area contributed by atoms with E-state index in [0.717, 1.165) is 43.6 Å². The van der Waals surface area contributed by atoms with E-state index in [4.69, 9.17) is 0 Å². The van der Waals surface area contributed by atoms with Crippen molar-refractivity contribution in [1.82, 2.24) is 10.2 Å². The summed E-state index contributed by atoms with van der Waals surface area (Å²) in [5, 5.41) is 6.48. The molecule has 3 aliphatic rings. The number of likely N-dealkylation sites (tertiary alicyclic amines) is 1. The number of carbonyl (C=O) groups excluding carboxylic acids is 2. The second kappa shape index (κ2) is 6.55. The van der Waals surface area contributed by atoms with E-state index >= 15 is 0 Å². The third-order valence-electron chi connectivity index (χ3n) is 5.53. The van der Waals surface area contributed by atoms with Crippen molar-refractivity contribution in [2.75, 3.05) is 18.4 Å². The molecule has 2 atom stereocenters. The second-order valence-corrected chi connectivity index (χ2v) is 7.34. The lowest BCUT2D eigenvalue weighted by molar-refractivity contribution is -0.131. The highest BCUT2D eigenvalue weighted by Crippen LogP contribution is 2.25. The number of carbonyl (C=O) groups is 2. The van der Waals surface area contributed by atoms with Gasteiger partial charge in [0.25, 0.3) is 0 Å². The van der Waals surface area contributed by atoms with E-state index < -0.39 is 0 Å². The Morgan fingerprint density at radius 1 is 1.21 bits per heavy atom. The molecule has 0 aromatic heterocycles. The summed E-state index contributed by atoms with van der Waals surface area (Å²) in [7, 11) is 0. The standard InChI is InChI=1S/C19H25N3O2/c23-18-11-14-10-13(4-7-17(14)21-18)2-1-3-19(24)22-9-8-15-5-6-16(12-22)20-15/h4,7,10,15-16,20H,1-3,5-6,8-9,11-12H2,(H,21,23). The van der Waals surface area contributed by atoms with Crippen LogP contribution in [0.5, 0.6) is 0 Å². The predicted molar refractivity (Wildman–Crippen MR) is 92.9 cm³/mol. The number of amides is 2. The highest BCUT2D eigenvalue weighted by molar-refractivity contribution is 5.99. The Balaban J connectivity index is 1.27. The van der Waals surface area contributed by atoms with E-state index in [0.29, 0.717) is 30.8 Å². The Kier molecular flexibility index (Phi) is 4.27. The van der Waals surface area contributed by atoms with Crippen LogP contribution in [0.4, 0.5) is 5.69 Å². The quantitative estimate of drug-likeness (QED) is 0.887. The average Bonchev–Trinajstić information content (AvgIpc) is 3.07. The molecule has 5 nitrogen and oxygen atoms in total. The molecule has 2 fully saturated rings. The number of aryl methyl sites for hydroxylation is 1. The van der Waals surface area contributed by atoms with Crippen LogP contribution in [0.1, 0.15) is 43.2 Å². The van der Waals surface area contributed by atoms with Crippen LogP contribution in [-0.2, 0) is 22.4 Å². The highest BCUT2D eigenvalue weighted by Gasteiger charge is 2.30. The van der Waals surface area contributed by atoms with E-state index in [1.165, 1.54) is 18.4 Å². The number of nitrogens with one attached hydrogen (secondary N) is 2. The molecule has 3 aliphatic heterocycles. The summed E-state index contributed by atoms with van der Waals surface area (Å²) in [4.78, 5) is 26.0.